The number of aromatic nitrogens is 1. The van der Waals surface area contributed by atoms with Crippen molar-refractivity contribution < 1.29 is 19.1 Å². The van der Waals surface area contributed by atoms with Gasteiger partial charge in [-0.1, -0.05) is 94.4 Å². The van der Waals surface area contributed by atoms with E-state index >= 15 is 0 Å². The fourth-order valence-corrected chi connectivity index (χ4v) is 6.55. The molecule has 4 amide bonds. The van der Waals surface area contributed by atoms with Gasteiger partial charge in [-0.25, -0.2) is 14.6 Å². The van der Waals surface area contributed by atoms with Gasteiger partial charge in [-0.2, -0.15) is 0 Å². The van der Waals surface area contributed by atoms with Gasteiger partial charge in [-0.3, -0.25) is 4.79 Å². The molecule has 1 N–H and O–H groups in total. The summed E-state index contributed by atoms with van der Waals surface area (Å²) in [5.41, 5.74) is 2.80. The molecule has 1 atom stereocenters. The van der Waals surface area contributed by atoms with E-state index < -0.39 is 12.1 Å². The van der Waals surface area contributed by atoms with Crippen molar-refractivity contribution in [3.63, 3.8) is 0 Å². The molecule has 0 spiro atoms. The van der Waals surface area contributed by atoms with E-state index in [1.54, 1.807) is 44.4 Å². The summed E-state index contributed by atoms with van der Waals surface area (Å²) in [6.07, 6.45) is 0.129. The van der Waals surface area contributed by atoms with E-state index in [1.807, 2.05) is 97.4 Å². The van der Waals surface area contributed by atoms with E-state index in [4.69, 9.17) is 4.74 Å². The molecule has 4 rings (SSSR count). The summed E-state index contributed by atoms with van der Waals surface area (Å²) >= 11 is 3.13. The van der Waals surface area contributed by atoms with Gasteiger partial charge in [-0.15, -0.1) is 22.7 Å². The molecule has 2 heterocycles. The Kier molecular flexibility index (Phi) is 14.0. The minimum atomic E-state index is -0.735. The number of nitrogens with one attached hydrogen (secondary N) is 1. The van der Waals surface area contributed by atoms with Crippen LogP contribution in [0.15, 0.2) is 83.6 Å². The monoisotopic (exact) mass is 689 g/mol. The Bertz CT molecular complexity index is 1560. The number of urea groups is 1. The normalized spacial score (nSPS) is 11.7. The molecule has 0 fully saturated rings. The van der Waals surface area contributed by atoms with Crippen molar-refractivity contribution in [2.75, 3.05) is 20.1 Å². The van der Waals surface area contributed by atoms with Crippen molar-refractivity contribution >= 4 is 40.7 Å². The van der Waals surface area contributed by atoms with Crippen LogP contribution in [0.2, 0.25) is 0 Å². The van der Waals surface area contributed by atoms with Crippen LogP contribution in [0.3, 0.4) is 0 Å². The number of carbonyl (C=O) groups is 3. The van der Waals surface area contributed by atoms with E-state index in [0.717, 1.165) is 26.7 Å². The summed E-state index contributed by atoms with van der Waals surface area (Å²) in [7, 11) is 1.71. The van der Waals surface area contributed by atoms with E-state index in [1.165, 1.54) is 0 Å². The Balaban J connectivity index is 1.44. The van der Waals surface area contributed by atoms with Gasteiger partial charge in [0.2, 0.25) is 5.91 Å². The summed E-state index contributed by atoms with van der Waals surface area (Å²) in [5.74, 6) is 0.00620. The van der Waals surface area contributed by atoms with E-state index in [-0.39, 0.29) is 24.5 Å². The van der Waals surface area contributed by atoms with Gasteiger partial charge in [0, 0.05) is 49.4 Å². The molecule has 0 bridgehead atoms. The molecule has 4 aromatic rings. The van der Waals surface area contributed by atoms with Crippen LogP contribution in [0.1, 0.15) is 66.7 Å². The van der Waals surface area contributed by atoms with Crippen LogP contribution in [0.4, 0.5) is 9.59 Å². The van der Waals surface area contributed by atoms with Crippen LogP contribution < -0.4 is 5.32 Å². The Morgan fingerprint density at radius 2 is 1.44 bits per heavy atom. The number of rotatable bonds is 16. The van der Waals surface area contributed by atoms with Crippen LogP contribution in [-0.4, -0.2) is 63.9 Å². The molecular weight excluding hydrogens is 643 g/mol. The fraction of sp³-hybridized carbons (Fsp3) is 0.405. The van der Waals surface area contributed by atoms with E-state index in [9.17, 15) is 14.4 Å². The quantitative estimate of drug-likeness (QED) is 0.130. The number of nitrogens with zero attached hydrogens (tertiary/aromatic N) is 4. The van der Waals surface area contributed by atoms with Crippen LogP contribution >= 0.6 is 22.7 Å². The third kappa shape index (κ3) is 11.2. The smallest absolute Gasteiger partial charge is 0.410 e. The zero-order valence-corrected chi connectivity index (χ0v) is 30.1. The van der Waals surface area contributed by atoms with E-state index in [0.29, 0.717) is 45.1 Å². The summed E-state index contributed by atoms with van der Waals surface area (Å²) < 4.78 is 5.67. The largest absolute Gasteiger partial charge is 0.444 e. The van der Waals surface area contributed by atoms with E-state index in [2.05, 4.69) is 24.1 Å². The van der Waals surface area contributed by atoms with Gasteiger partial charge in [0.05, 0.1) is 17.2 Å². The van der Waals surface area contributed by atoms with Gasteiger partial charge >= 0.3 is 12.1 Å². The van der Waals surface area contributed by atoms with Crippen LogP contribution in [-0.2, 0) is 35.8 Å². The SMILES string of the molecule is CC(C)c1nc(CN(C)C(=O)NC(C(=O)N(CCCN(Cc2ccccc2)C(=O)OCc2cccs2)Cc2ccccc2)C(C)C)cs1. The maximum absolute atomic E-state index is 14.2. The van der Waals surface area contributed by atoms with Gasteiger partial charge in [0.15, 0.2) is 0 Å². The van der Waals surface area contributed by atoms with Crippen molar-refractivity contribution in [2.24, 2.45) is 5.92 Å². The number of thiophene rings is 1. The molecule has 0 saturated carbocycles. The summed E-state index contributed by atoms with van der Waals surface area (Å²) in [4.78, 5) is 51.5. The maximum atomic E-state index is 14.2. The molecule has 0 radical (unpaired) electrons. The topological polar surface area (TPSA) is 95.1 Å². The fourth-order valence-electron chi connectivity index (χ4n) is 5.11. The number of benzene rings is 2. The van der Waals surface area contributed by atoms with Crippen LogP contribution in [0, 0.1) is 5.92 Å². The average molecular weight is 690 g/mol. The maximum Gasteiger partial charge on any atom is 0.410 e. The first-order valence-corrected chi connectivity index (χ1v) is 18.1. The molecule has 0 aliphatic heterocycles. The summed E-state index contributed by atoms with van der Waals surface area (Å²) in [5, 5.41) is 7.96. The van der Waals surface area contributed by atoms with Crippen molar-refractivity contribution in [3.8, 4) is 0 Å². The highest BCUT2D eigenvalue weighted by Crippen LogP contribution is 2.20. The second-order valence-electron chi connectivity index (χ2n) is 12.5. The van der Waals surface area contributed by atoms with Crippen LogP contribution in [0.5, 0.6) is 0 Å². The molecule has 9 nitrogen and oxygen atoms in total. The molecule has 256 valence electrons. The van der Waals surface area contributed by atoms with Gasteiger partial charge in [0.25, 0.3) is 0 Å². The molecule has 0 aliphatic rings. The molecule has 2 aromatic heterocycles. The van der Waals surface area contributed by atoms with Crippen molar-refractivity contribution in [1.29, 1.82) is 0 Å². The van der Waals surface area contributed by atoms with Gasteiger partial charge < -0.3 is 24.8 Å². The Labute approximate surface area is 292 Å². The number of carbonyl (C=O) groups excluding carboxylic acids is 3. The molecule has 2 aromatic carbocycles. The lowest BCUT2D eigenvalue weighted by atomic mass is 10.0. The predicted octanol–water partition coefficient (Wildman–Crippen LogP) is 7.75. The number of hydrogen-bond acceptors (Lipinski definition) is 7. The highest BCUT2D eigenvalue weighted by molar-refractivity contribution is 7.10. The first-order chi connectivity index (χ1) is 23.1. The zero-order valence-electron chi connectivity index (χ0n) is 28.5. The highest BCUT2D eigenvalue weighted by atomic mass is 32.1. The third-order valence-corrected chi connectivity index (χ3v) is 9.84. The van der Waals surface area contributed by atoms with Crippen molar-refractivity contribution in [3.05, 3.63) is 110 Å². The number of hydrogen-bond donors (Lipinski definition) is 1. The van der Waals surface area contributed by atoms with Gasteiger partial charge in [-0.05, 0) is 34.9 Å². The first-order valence-electron chi connectivity index (χ1n) is 16.4. The lowest BCUT2D eigenvalue weighted by molar-refractivity contribution is -0.135. The standard InChI is InChI=1S/C37H47N5O4S2/c1-27(2)33(39-36(44)40(5)24-31-26-48-34(38-31)28(3)4)35(43)41(22-29-14-8-6-9-15-29)19-13-20-42(23-30-16-10-7-11-17-30)37(45)46-25-32-18-12-21-47-32/h6-12,14-18,21,26-28,33H,13,19-20,22-25H2,1-5H3,(H,39,44). The summed E-state index contributed by atoms with van der Waals surface area (Å²) in [6, 6.07) is 22.4. The Hall–Kier alpha value is -4.22. The third-order valence-electron chi connectivity index (χ3n) is 7.80. The molecule has 48 heavy (non-hydrogen) atoms. The molecular formula is C37H47N5O4S2. The first kappa shape index (κ1) is 36.6. The molecule has 0 aliphatic carbocycles. The Morgan fingerprint density at radius 3 is 2.00 bits per heavy atom. The summed E-state index contributed by atoms with van der Waals surface area (Å²) in [6.45, 7) is 10.2. The second kappa shape index (κ2) is 18.4. The predicted molar refractivity (Wildman–Crippen MR) is 193 cm³/mol. The van der Waals surface area contributed by atoms with Crippen molar-refractivity contribution in [1.82, 2.24) is 25.0 Å². The number of amides is 4. The molecule has 11 heteroatoms. The lowest BCUT2D eigenvalue weighted by Gasteiger charge is -2.32. The Morgan fingerprint density at radius 1 is 0.812 bits per heavy atom. The lowest BCUT2D eigenvalue weighted by Crippen LogP contribution is -2.54. The average Bonchev–Trinajstić information content (AvgIpc) is 3.78. The minimum Gasteiger partial charge on any atom is -0.444 e. The number of ether oxygens (including phenoxy) is 1. The minimum absolute atomic E-state index is 0.151. The second-order valence-corrected chi connectivity index (χ2v) is 14.4. The number of thiazole rings is 1. The highest BCUT2D eigenvalue weighted by Gasteiger charge is 2.30. The molecule has 0 saturated heterocycles. The van der Waals surface area contributed by atoms with Crippen LogP contribution in [0.25, 0.3) is 0 Å². The molecule has 1 unspecified atom stereocenters. The van der Waals surface area contributed by atoms with Crippen molar-refractivity contribution in [2.45, 2.75) is 72.3 Å². The zero-order chi connectivity index (χ0) is 34.5. The van der Waals surface area contributed by atoms with Gasteiger partial charge in [0.1, 0.15) is 12.6 Å².